The summed E-state index contributed by atoms with van der Waals surface area (Å²) < 4.78 is 6.63. The van der Waals surface area contributed by atoms with Crippen LogP contribution in [0.2, 0.25) is 0 Å². The van der Waals surface area contributed by atoms with Crippen LogP contribution in [0.3, 0.4) is 0 Å². The van der Waals surface area contributed by atoms with Crippen LogP contribution in [0.4, 0.5) is 0 Å². The molecular formula is C30H27Cl2OTi. The van der Waals surface area contributed by atoms with Crippen molar-refractivity contribution in [3.05, 3.63) is 137 Å². The van der Waals surface area contributed by atoms with E-state index in [4.69, 9.17) is 3.32 Å². The van der Waals surface area contributed by atoms with Gasteiger partial charge in [0.15, 0.2) is 0 Å². The van der Waals surface area contributed by atoms with Gasteiger partial charge >= 0.3 is 203 Å². The second-order valence-corrected chi connectivity index (χ2v) is 8.87. The Kier molecular flexibility index (Phi) is 8.63. The number of hydrogen-bond acceptors (Lipinski definition) is 1. The molecular weight excluding hydrogens is 495 g/mol. The maximum Gasteiger partial charge on any atom is -0.147 e. The van der Waals surface area contributed by atoms with Crippen LogP contribution in [0.15, 0.2) is 114 Å². The Morgan fingerprint density at radius 2 is 1.26 bits per heavy atom. The van der Waals surface area contributed by atoms with Crippen LogP contribution in [0.1, 0.15) is 42.5 Å². The second kappa shape index (κ2) is 11.1. The molecule has 4 aromatic carbocycles. The first kappa shape index (κ1) is 26.5. The van der Waals surface area contributed by atoms with E-state index >= 15 is 0 Å². The van der Waals surface area contributed by atoms with Gasteiger partial charge in [-0.3, -0.25) is 0 Å². The zero-order chi connectivity index (χ0) is 22.1. The van der Waals surface area contributed by atoms with Crippen molar-refractivity contribution in [2.75, 3.05) is 0 Å². The monoisotopic (exact) mass is 521 g/mol. The zero-order valence-corrected chi connectivity index (χ0v) is 22.4. The minimum Gasteiger partial charge on any atom is -0.147 e. The third-order valence-corrected chi connectivity index (χ3v) is 6.99. The van der Waals surface area contributed by atoms with Gasteiger partial charge in [-0.25, -0.2) is 0 Å². The summed E-state index contributed by atoms with van der Waals surface area (Å²) in [5.41, 5.74) is 8.14. The molecule has 1 nitrogen and oxygen atoms in total. The molecule has 4 aromatic rings. The van der Waals surface area contributed by atoms with E-state index in [1.165, 1.54) is 38.6 Å². The van der Waals surface area contributed by atoms with E-state index in [0.717, 1.165) is 17.5 Å². The van der Waals surface area contributed by atoms with Crippen LogP contribution in [0.5, 0.6) is 0 Å². The number of halogens is 2. The average molecular weight is 522 g/mol. The van der Waals surface area contributed by atoms with Crippen molar-refractivity contribution in [2.45, 2.75) is 25.9 Å². The van der Waals surface area contributed by atoms with Crippen molar-refractivity contribution >= 4 is 41.2 Å². The SMILES string of the molecule is CC1=CC(C)=C(c2ccc3ccccc3c2C([O][Ti])(c2ccccc2)c2ccccc2)C1.Cl.Cl. The molecule has 0 heterocycles. The van der Waals surface area contributed by atoms with Crippen molar-refractivity contribution in [3.8, 4) is 0 Å². The molecule has 0 saturated carbocycles. The molecule has 0 atom stereocenters. The Labute approximate surface area is 226 Å². The molecule has 0 amide bonds. The number of rotatable bonds is 5. The number of hydrogen-bond donors (Lipinski definition) is 0. The van der Waals surface area contributed by atoms with E-state index in [2.05, 4.69) is 117 Å². The third-order valence-electron chi connectivity index (χ3n) is 6.51. The molecule has 171 valence electrons. The molecule has 0 saturated heterocycles. The molecule has 1 aliphatic rings. The Morgan fingerprint density at radius 3 is 1.79 bits per heavy atom. The summed E-state index contributed by atoms with van der Waals surface area (Å²) in [5.74, 6) is 0. The Balaban J connectivity index is 0.00000162. The van der Waals surface area contributed by atoms with Gasteiger partial charge < -0.3 is 0 Å². The fraction of sp³-hybridized carbons (Fsp3) is 0.133. The standard InChI is InChI=1S/C30H25O.2ClH.Ti/c1-21-19-22(2)28(20-21)27-18-17-23-11-9-10-16-26(23)29(27)30(31,24-12-5-3-6-13-24)25-14-7-4-8-15-25;;;/h3-19H,20H2,1-2H3;2*1H;/q-1;;;+1. The van der Waals surface area contributed by atoms with Gasteiger partial charge in [0, 0.05) is 0 Å². The minimum atomic E-state index is -0.734. The molecule has 0 aromatic heterocycles. The quantitative estimate of drug-likeness (QED) is 0.189. The molecule has 0 bridgehead atoms. The van der Waals surface area contributed by atoms with Gasteiger partial charge in [0.25, 0.3) is 0 Å². The minimum absolute atomic E-state index is 0. The van der Waals surface area contributed by atoms with Gasteiger partial charge in [-0.15, -0.1) is 24.8 Å². The van der Waals surface area contributed by atoms with Gasteiger partial charge in [-0.1, -0.05) is 0 Å². The van der Waals surface area contributed by atoms with Crippen molar-refractivity contribution in [1.29, 1.82) is 0 Å². The topological polar surface area (TPSA) is 9.23 Å². The predicted octanol–water partition coefficient (Wildman–Crippen LogP) is 8.58. The smallest absolute Gasteiger partial charge is 0.147 e. The first-order chi connectivity index (χ1) is 15.6. The molecule has 0 fully saturated rings. The number of fused-ring (bicyclic) bond motifs is 1. The van der Waals surface area contributed by atoms with Crippen LogP contribution in [0.25, 0.3) is 16.3 Å². The van der Waals surface area contributed by atoms with Crippen molar-refractivity contribution in [3.63, 3.8) is 0 Å². The summed E-state index contributed by atoms with van der Waals surface area (Å²) in [4.78, 5) is 0. The Morgan fingerprint density at radius 1 is 0.706 bits per heavy atom. The molecule has 0 aliphatic heterocycles. The van der Waals surface area contributed by atoms with Crippen molar-refractivity contribution in [2.24, 2.45) is 0 Å². The summed E-state index contributed by atoms with van der Waals surface area (Å²) in [7, 11) is 0. The fourth-order valence-electron chi connectivity index (χ4n) is 5.11. The van der Waals surface area contributed by atoms with Crippen LogP contribution in [-0.2, 0) is 29.7 Å². The predicted molar refractivity (Wildman–Crippen MR) is 143 cm³/mol. The van der Waals surface area contributed by atoms with Crippen LogP contribution in [0, 0.1) is 0 Å². The van der Waals surface area contributed by atoms with E-state index in [0.29, 0.717) is 0 Å². The van der Waals surface area contributed by atoms with Crippen LogP contribution >= 0.6 is 24.8 Å². The fourth-order valence-corrected chi connectivity index (χ4v) is 5.63. The average Bonchev–Trinajstić information content (AvgIpc) is 3.19. The van der Waals surface area contributed by atoms with E-state index in [9.17, 15) is 0 Å². The van der Waals surface area contributed by atoms with Gasteiger partial charge in [0.05, 0.1) is 0 Å². The maximum absolute atomic E-state index is 6.63. The molecule has 0 spiro atoms. The Bertz CT molecular complexity index is 1300. The summed E-state index contributed by atoms with van der Waals surface area (Å²) >= 11 is 1.84. The third kappa shape index (κ3) is 4.44. The second-order valence-electron chi connectivity index (χ2n) is 8.55. The first-order valence-electron chi connectivity index (χ1n) is 11.0. The number of benzene rings is 4. The molecule has 1 aliphatic carbocycles. The number of allylic oxidation sites excluding steroid dienone is 4. The van der Waals surface area contributed by atoms with E-state index in [-0.39, 0.29) is 24.8 Å². The molecule has 0 unspecified atom stereocenters. The maximum atomic E-state index is 6.63. The van der Waals surface area contributed by atoms with E-state index in [1.54, 1.807) is 0 Å². The largest absolute Gasteiger partial charge is 0.147 e. The van der Waals surface area contributed by atoms with Crippen molar-refractivity contribution in [1.82, 2.24) is 0 Å². The van der Waals surface area contributed by atoms with E-state index < -0.39 is 5.60 Å². The van der Waals surface area contributed by atoms with Crippen LogP contribution < -0.4 is 0 Å². The molecule has 4 heteroatoms. The summed E-state index contributed by atoms with van der Waals surface area (Å²) in [6, 6.07) is 34.5. The van der Waals surface area contributed by atoms with Gasteiger partial charge in [-0.05, 0) is 0 Å². The molecule has 34 heavy (non-hydrogen) atoms. The summed E-state index contributed by atoms with van der Waals surface area (Å²) in [6.45, 7) is 4.44. The molecule has 0 N–H and O–H groups in total. The summed E-state index contributed by atoms with van der Waals surface area (Å²) in [6.07, 6.45) is 3.29. The molecule has 0 radical (unpaired) electrons. The van der Waals surface area contributed by atoms with Gasteiger partial charge in [-0.2, -0.15) is 0 Å². The van der Waals surface area contributed by atoms with E-state index in [1.807, 2.05) is 20.8 Å². The van der Waals surface area contributed by atoms with Crippen LogP contribution in [-0.4, -0.2) is 0 Å². The molecule has 5 rings (SSSR count). The normalized spacial score (nSPS) is 13.3. The summed E-state index contributed by atoms with van der Waals surface area (Å²) in [5, 5.41) is 2.45. The van der Waals surface area contributed by atoms with Crippen molar-refractivity contribution < 1.29 is 24.1 Å². The zero-order valence-electron chi connectivity index (χ0n) is 19.2. The Hall–Kier alpha value is -2.13. The van der Waals surface area contributed by atoms with Gasteiger partial charge in [0.1, 0.15) is 0 Å². The van der Waals surface area contributed by atoms with Gasteiger partial charge in [0.2, 0.25) is 0 Å². The first-order valence-corrected chi connectivity index (χ1v) is 11.6.